The number of rotatable bonds is 7. The minimum atomic E-state index is -0.334. The standard InChI is InChI=1S/C23H31N3O5/c1-15(2)25-23(28)26-13-17(16-7-8-20(29-3)21(11-16)30-4)10-18(14-26)22(27)24-12-19-6-5-9-31-19/h5-9,11,15,17-18H,10,12-14H2,1-4H3,(H,24,27)(H,25,28)/t17-,18-/m0/s1. The van der Waals surface area contributed by atoms with E-state index in [4.69, 9.17) is 13.9 Å². The number of urea groups is 1. The van der Waals surface area contributed by atoms with Gasteiger partial charge in [0.25, 0.3) is 0 Å². The fraction of sp³-hybridized carbons (Fsp3) is 0.478. The van der Waals surface area contributed by atoms with Crippen LogP contribution in [0, 0.1) is 5.92 Å². The number of piperidine rings is 1. The highest BCUT2D eigenvalue weighted by Gasteiger charge is 2.35. The van der Waals surface area contributed by atoms with Crippen molar-refractivity contribution in [2.75, 3.05) is 27.3 Å². The van der Waals surface area contributed by atoms with Crippen molar-refractivity contribution in [2.45, 2.75) is 38.8 Å². The summed E-state index contributed by atoms with van der Waals surface area (Å²) in [7, 11) is 3.19. The molecule has 0 saturated carbocycles. The van der Waals surface area contributed by atoms with Crippen molar-refractivity contribution in [2.24, 2.45) is 5.92 Å². The Hall–Kier alpha value is -3.16. The summed E-state index contributed by atoms with van der Waals surface area (Å²) in [5.41, 5.74) is 1.00. The average Bonchev–Trinajstić information content (AvgIpc) is 3.29. The lowest BCUT2D eigenvalue weighted by Gasteiger charge is -2.37. The molecule has 2 heterocycles. The molecule has 0 bridgehead atoms. The Bertz CT molecular complexity index is 881. The number of nitrogens with zero attached hydrogens (tertiary/aromatic N) is 1. The van der Waals surface area contributed by atoms with Crippen LogP contribution in [0.4, 0.5) is 4.79 Å². The first-order valence-corrected chi connectivity index (χ1v) is 10.5. The van der Waals surface area contributed by atoms with Crippen LogP contribution in [-0.2, 0) is 11.3 Å². The molecule has 8 heteroatoms. The molecule has 1 aliphatic rings. The monoisotopic (exact) mass is 429 g/mol. The Balaban J connectivity index is 1.79. The summed E-state index contributed by atoms with van der Waals surface area (Å²) < 4.78 is 16.1. The van der Waals surface area contributed by atoms with Gasteiger partial charge in [-0.2, -0.15) is 0 Å². The number of hydrogen-bond donors (Lipinski definition) is 2. The van der Waals surface area contributed by atoms with Crippen molar-refractivity contribution in [1.29, 1.82) is 0 Å². The SMILES string of the molecule is COc1ccc([C@H]2C[C@H](C(=O)NCc3ccco3)CN(C(=O)NC(C)C)C2)cc1OC. The number of carbonyl (C=O) groups excluding carboxylic acids is 2. The summed E-state index contributed by atoms with van der Waals surface area (Å²) >= 11 is 0. The first kappa shape index (κ1) is 22.5. The molecule has 0 radical (unpaired) electrons. The highest BCUT2D eigenvalue weighted by atomic mass is 16.5. The molecule has 168 valence electrons. The zero-order chi connectivity index (χ0) is 22.4. The second-order valence-electron chi connectivity index (χ2n) is 8.05. The van der Waals surface area contributed by atoms with Gasteiger partial charge in [-0.15, -0.1) is 0 Å². The van der Waals surface area contributed by atoms with Crippen molar-refractivity contribution in [3.05, 3.63) is 47.9 Å². The second kappa shape index (κ2) is 10.2. The van der Waals surface area contributed by atoms with Gasteiger partial charge in [0, 0.05) is 25.0 Å². The molecule has 0 aliphatic carbocycles. The Morgan fingerprint density at radius 3 is 2.58 bits per heavy atom. The second-order valence-corrected chi connectivity index (χ2v) is 8.05. The molecule has 3 amide bonds. The molecule has 3 rings (SSSR count). The third kappa shape index (κ3) is 5.71. The van der Waals surface area contributed by atoms with E-state index in [1.165, 1.54) is 0 Å². The van der Waals surface area contributed by atoms with Crippen LogP contribution in [0.25, 0.3) is 0 Å². The third-order valence-corrected chi connectivity index (χ3v) is 5.42. The molecular formula is C23H31N3O5. The molecule has 2 atom stereocenters. The molecule has 2 aromatic rings. The molecule has 0 unspecified atom stereocenters. The molecule has 1 aromatic carbocycles. The Morgan fingerprint density at radius 1 is 1.16 bits per heavy atom. The summed E-state index contributed by atoms with van der Waals surface area (Å²) in [4.78, 5) is 27.4. The highest BCUT2D eigenvalue weighted by Crippen LogP contribution is 2.36. The molecule has 1 saturated heterocycles. The minimum Gasteiger partial charge on any atom is -0.493 e. The molecule has 1 aliphatic heterocycles. The first-order chi connectivity index (χ1) is 14.9. The van der Waals surface area contributed by atoms with E-state index >= 15 is 0 Å². The van der Waals surface area contributed by atoms with Gasteiger partial charge in [-0.25, -0.2) is 4.79 Å². The fourth-order valence-electron chi connectivity index (χ4n) is 3.87. The first-order valence-electron chi connectivity index (χ1n) is 10.5. The molecule has 0 spiro atoms. The van der Waals surface area contributed by atoms with Gasteiger partial charge in [0.05, 0.1) is 32.9 Å². The van der Waals surface area contributed by atoms with Crippen LogP contribution in [-0.4, -0.2) is 50.2 Å². The van der Waals surface area contributed by atoms with E-state index in [1.54, 1.807) is 31.4 Å². The van der Waals surface area contributed by atoms with Crippen LogP contribution < -0.4 is 20.1 Å². The summed E-state index contributed by atoms with van der Waals surface area (Å²) in [6.45, 7) is 5.05. The van der Waals surface area contributed by atoms with Gasteiger partial charge in [0.2, 0.25) is 5.91 Å². The number of carbonyl (C=O) groups is 2. The van der Waals surface area contributed by atoms with Crippen molar-refractivity contribution < 1.29 is 23.5 Å². The van der Waals surface area contributed by atoms with Crippen molar-refractivity contribution in [1.82, 2.24) is 15.5 Å². The fourth-order valence-corrected chi connectivity index (χ4v) is 3.87. The van der Waals surface area contributed by atoms with Crippen molar-refractivity contribution in [3.8, 4) is 11.5 Å². The van der Waals surface area contributed by atoms with Gasteiger partial charge in [0.15, 0.2) is 11.5 Å². The van der Waals surface area contributed by atoms with Gasteiger partial charge >= 0.3 is 6.03 Å². The normalized spacial score (nSPS) is 18.5. The van der Waals surface area contributed by atoms with Gasteiger partial charge < -0.3 is 29.4 Å². The number of methoxy groups -OCH3 is 2. The number of likely N-dealkylation sites (tertiary alicyclic amines) is 1. The molecule has 8 nitrogen and oxygen atoms in total. The predicted molar refractivity (Wildman–Crippen MR) is 116 cm³/mol. The van der Waals surface area contributed by atoms with E-state index in [0.717, 1.165) is 5.56 Å². The van der Waals surface area contributed by atoms with E-state index in [1.807, 2.05) is 38.1 Å². The quantitative estimate of drug-likeness (QED) is 0.705. The third-order valence-electron chi connectivity index (χ3n) is 5.42. The number of amides is 3. The molecule has 2 N–H and O–H groups in total. The maximum atomic E-state index is 12.9. The van der Waals surface area contributed by atoms with Crippen LogP contribution in [0.1, 0.15) is 37.5 Å². The van der Waals surface area contributed by atoms with Crippen molar-refractivity contribution >= 4 is 11.9 Å². The number of hydrogen-bond acceptors (Lipinski definition) is 5. The van der Waals surface area contributed by atoms with Crippen molar-refractivity contribution in [3.63, 3.8) is 0 Å². The van der Waals surface area contributed by atoms with E-state index in [9.17, 15) is 9.59 Å². The number of benzene rings is 1. The van der Waals surface area contributed by atoms with Gasteiger partial charge in [0.1, 0.15) is 5.76 Å². The van der Waals surface area contributed by atoms with Crippen LogP contribution in [0.2, 0.25) is 0 Å². The molecular weight excluding hydrogens is 398 g/mol. The van der Waals surface area contributed by atoms with E-state index in [2.05, 4.69) is 10.6 Å². The van der Waals surface area contributed by atoms with Crippen LogP contribution in [0.3, 0.4) is 0 Å². The topological polar surface area (TPSA) is 93.0 Å². The van der Waals surface area contributed by atoms with E-state index < -0.39 is 0 Å². The lowest BCUT2D eigenvalue weighted by Crippen LogP contribution is -2.52. The molecule has 31 heavy (non-hydrogen) atoms. The minimum absolute atomic E-state index is 0.00849. The summed E-state index contributed by atoms with van der Waals surface area (Å²) in [5.74, 6) is 1.52. The molecule has 1 fully saturated rings. The average molecular weight is 430 g/mol. The van der Waals surface area contributed by atoms with Gasteiger partial charge in [-0.05, 0) is 50.1 Å². The van der Waals surface area contributed by atoms with Crippen LogP contribution in [0.15, 0.2) is 41.0 Å². The Morgan fingerprint density at radius 2 is 1.94 bits per heavy atom. The van der Waals surface area contributed by atoms with Gasteiger partial charge in [-0.1, -0.05) is 6.07 Å². The largest absolute Gasteiger partial charge is 0.493 e. The van der Waals surface area contributed by atoms with E-state index in [0.29, 0.717) is 43.3 Å². The molecule has 1 aromatic heterocycles. The number of ether oxygens (including phenoxy) is 2. The smallest absolute Gasteiger partial charge is 0.317 e. The lowest BCUT2D eigenvalue weighted by atomic mass is 9.84. The maximum Gasteiger partial charge on any atom is 0.317 e. The zero-order valence-electron chi connectivity index (χ0n) is 18.5. The zero-order valence-corrected chi connectivity index (χ0v) is 18.5. The summed E-state index contributed by atoms with van der Waals surface area (Å²) in [5, 5.41) is 5.87. The Kier molecular flexibility index (Phi) is 7.44. The predicted octanol–water partition coefficient (Wildman–Crippen LogP) is 3.14. The van der Waals surface area contributed by atoms with Crippen LogP contribution in [0.5, 0.6) is 11.5 Å². The summed E-state index contributed by atoms with van der Waals surface area (Å²) in [6.07, 6.45) is 2.21. The number of furan rings is 1. The maximum absolute atomic E-state index is 12.9. The summed E-state index contributed by atoms with van der Waals surface area (Å²) in [6, 6.07) is 9.19. The van der Waals surface area contributed by atoms with E-state index in [-0.39, 0.29) is 29.8 Å². The lowest BCUT2D eigenvalue weighted by molar-refractivity contribution is -0.126. The number of nitrogens with one attached hydrogen (secondary N) is 2. The van der Waals surface area contributed by atoms with Gasteiger partial charge in [-0.3, -0.25) is 4.79 Å². The highest BCUT2D eigenvalue weighted by molar-refractivity contribution is 5.81. The van der Waals surface area contributed by atoms with Crippen LogP contribution >= 0.6 is 0 Å². The Labute approximate surface area is 182 Å².